The highest BCUT2D eigenvalue weighted by Crippen LogP contribution is 2.38. The normalized spacial score (nSPS) is 20.2. The van der Waals surface area contributed by atoms with Crippen molar-refractivity contribution >= 4 is 34.2 Å². The van der Waals surface area contributed by atoms with E-state index >= 15 is 0 Å². The fourth-order valence-electron chi connectivity index (χ4n) is 5.04. The van der Waals surface area contributed by atoms with E-state index in [1.807, 2.05) is 4.57 Å². The van der Waals surface area contributed by atoms with Gasteiger partial charge < -0.3 is 9.67 Å². The van der Waals surface area contributed by atoms with E-state index in [0.717, 1.165) is 25.7 Å². The van der Waals surface area contributed by atoms with E-state index in [0.29, 0.717) is 51.5 Å². The van der Waals surface area contributed by atoms with Gasteiger partial charge >= 0.3 is 0 Å². The molecule has 1 saturated carbocycles. The molecule has 0 radical (unpaired) electrons. The van der Waals surface area contributed by atoms with E-state index in [4.69, 9.17) is 28.2 Å². The van der Waals surface area contributed by atoms with Gasteiger partial charge in [-0.1, -0.05) is 43.0 Å². The van der Waals surface area contributed by atoms with E-state index in [2.05, 4.69) is 21.9 Å². The number of aromatic nitrogens is 5. The molecule has 9 heteroatoms. The number of fused-ring (bicyclic) bond motifs is 1. The van der Waals surface area contributed by atoms with Gasteiger partial charge in [-0.15, -0.1) is 0 Å². The molecule has 0 spiro atoms. The summed E-state index contributed by atoms with van der Waals surface area (Å²) in [5, 5.41) is 12.4. The Kier molecular flexibility index (Phi) is 6.51. The fourth-order valence-corrected chi connectivity index (χ4v) is 5.40. The zero-order valence-corrected chi connectivity index (χ0v) is 21.1. The third-order valence-electron chi connectivity index (χ3n) is 6.90. The summed E-state index contributed by atoms with van der Waals surface area (Å²) in [6.45, 7) is 4.40. The lowest BCUT2D eigenvalue weighted by Gasteiger charge is -2.29. The SMILES string of the molecule is CC(O)(c1ncccc1F)c1nc2cc(Cl)nc(-c3cncc(Cl)c3)c2n1C[C@H]1CC[C@H](C)CC1. The summed E-state index contributed by atoms with van der Waals surface area (Å²) >= 11 is 12.6. The molecule has 0 amide bonds. The van der Waals surface area contributed by atoms with Crippen LogP contribution in [0.1, 0.15) is 51.0 Å². The van der Waals surface area contributed by atoms with Gasteiger partial charge in [0.05, 0.1) is 21.7 Å². The van der Waals surface area contributed by atoms with Gasteiger partial charge in [0.25, 0.3) is 0 Å². The molecule has 1 aliphatic carbocycles. The second kappa shape index (κ2) is 9.45. The van der Waals surface area contributed by atoms with E-state index in [1.54, 1.807) is 24.5 Å². The first kappa shape index (κ1) is 24.1. The van der Waals surface area contributed by atoms with E-state index in [-0.39, 0.29) is 10.8 Å². The summed E-state index contributed by atoms with van der Waals surface area (Å²) in [5.41, 5.74) is 0.613. The number of pyridine rings is 3. The lowest BCUT2D eigenvalue weighted by Crippen LogP contribution is -2.31. The predicted molar refractivity (Wildman–Crippen MR) is 135 cm³/mol. The van der Waals surface area contributed by atoms with Crippen molar-refractivity contribution in [1.82, 2.24) is 24.5 Å². The Morgan fingerprint density at radius 2 is 1.91 bits per heavy atom. The summed E-state index contributed by atoms with van der Waals surface area (Å²) in [7, 11) is 0. The van der Waals surface area contributed by atoms with Crippen molar-refractivity contribution < 1.29 is 9.50 Å². The first-order valence-corrected chi connectivity index (χ1v) is 12.5. The number of hydrogen-bond donors (Lipinski definition) is 1. The first-order chi connectivity index (χ1) is 16.7. The topological polar surface area (TPSA) is 76.7 Å². The highest BCUT2D eigenvalue weighted by atomic mass is 35.5. The van der Waals surface area contributed by atoms with E-state index in [1.165, 1.54) is 25.3 Å². The van der Waals surface area contributed by atoms with Gasteiger partial charge in [0.2, 0.25) is 0 Å². The Bertz CT molecular complexity index is 1380. The van der Waals surface area contributed by atoms with Gasteiger partial charge in [-0.3, -0.25) is 9.97 Å². The molecule has 0 bridgehead atoms. The van der Waals surface area contributed by atoms with Crippen molar-refractivity contribution in [3.05, 3.63) is 70.4 Å². The van der Waals surface area contributed by atoms with Gasteiger partial charge in [0.15, 0.2) is 5.60 Å². The molecule has 4 heterocycles. The molecule has 0 saturated heterocycles. The van der Waals surface area contributed by atoms with Crippen LogP contribution in [0.3, 0.4) is 0 Å². The maximum atomic E-state index is 14.8. The molecule has 1 unspecified atom stereocenters. The molecule has 35 heavy (non-hydrogen) atoms. The fraction of sp³-hybridized carbons (Fsp3) is 0.385. The number of aliphatic hydroxyl groups is 1. The van der Waals surface area contributed by atoms with Crippen LogP contribution < -0.4 is 0 Å². The zero-order chi connectivity index (χ0) is 24.7. The van der Waals surface area contributed by atoms with Crippen molar-refractivity contribution in [2.45, 2.75) is 51.7 Å². The quantitative estimate of drug-likeness (QED) is 0.311. The van der Waals surface area contributed by atoms with Crippen LogP contribution >= 0.6 is 23.2 Å². The second-order valence-corrected chi connectivity index (χ2v) is 10.5. The molecule has 0 aliphatic heterocycles. The lowest BCUT2D eigenvalue weighted by molar-refractivity contribution is 0.0777. The first-order valence-electron chi connectivity index (χ1n) is 11.8. The van der Waals surface area contributed by atoms with Gasteiger partial charge in [-0.05, 0) is 49.8 Å². The van der Waals surface area contributed by atoms with Crippen molar-refractivity contribution in [1.29, 1.82) is 0 Å². The van der Waals surface area contributed by atoms with Crippen molar-refractivity contribution in [3.63, 3.8) is 0 Å². The molecule has 1 fully saturated rings. The Morgan fingerprint density at radius 1 is 1.14 bits per heavy atom. The molecular weight excluding hydrogens is 488 g/mol. The third kappa shape index (κ3) is 4.65. The van der Waals surface area contributed by atoms with Crippen molar-refractivity contribution in [2.24, 2.45) is 11.8 Å². The Labute approximate surface area is 213 Å². The molecular formula is C26H26Cl2FN5O. The largest absolute Gasteiger partial charge is 0.376 e. The molecule has 1 N–H and O–H groups in total. The standard InChI is InChI=1S/C26H26Cl2FN5O/c1-15-5-7-16(8-6-15)14-34-23-20(11-21(28)33-22(23)17-10-18(27)13-30-12-17)32-25(34)26(2,35)24-19(29)4-3-9-31-24/h3-4,9-13,15-16,35H,5-8,14H2,1-2H3/t15-,16-,26?. The molecule has 4 aromatic heterocycles. The van der Waals surface area contributed by atoms with Gasteiger partial charge in [-0.2, -0.15) is 0 Å². The summed E-state index contributed by atoms with van der Waals surface area (Å²) in [6, 6.07) is 6.21. The van der Waals surface area contributed by atoms with E-state index in [9.17, 15) is 9.50 Å². The zero-order valence-electron chi connectivity index (χ0n) is 19.5. The summed E-state index contributed by atoms with van der Waals surface area (Å²) in [4.78, 5) is 17.7. The monoisotopic (exact) mass is 513 g/mol. The Morgan fingerprint density at radius 3 is 2.63 bits per heavy atom. The Balaban J connectivity index is 1.75. The minimum absolute atomic E-state index is 0.0844. The number of hydrogen-bond acceptors (Lipinski definition) is 5. The molecule has 0 aromatic carbocycles. The summed E-state index contributed by atoms with van der Waals surface area (Å²) in [6.07, 6.45) is 9.10. The number of rotatable bonds is 5. The molecule has 1 aliphatic rings. The van der Waals surface area contributed by atoms with Crippen molar-refractivity contribution in [3.8, 4) is 11.3 Å². The third-order valence-corrected chi connectivity index (χ3v) is 7.30. The van der Waals surface area contributed by atoms with Crippen LogP contribution in [0.4, 0.5) is 4.39 Å². The molecule has 182 valence electrons. The number of halogens is 3. The summed E-state index contributed by atoms with van der Waals surface area (Å²) < 4.78 is 16.8. The second-order valence-electron chi connectivity index (χ2n) is 9.63. The number of nitrogens with zero attached hydrogens (tertiary/aromatic N) is 5. The van der Waals surface area contributed by atoms with Gasteiger partial charge in [0, 0.05) is 36.8 Å². The highest BCUT2D eigenvalue weighted by Gasteiger charge is 2.37. The van der Waals surface area contributed by atoms with Crippen LogP contribution in [-0.2, 0) is 12.1 Å². The highest BCUT2D eigenvalue weighted by molar-refractivity contribution is 6.31. The minimum atomic E-state index is -1.79. The van der Waals surface area contributed by atoms with Crippen molar-refractivity contribution in [2.75, 3.05) is 0 Å². The van der Waals surface area contributed by atoms with Crippen LogP contribution in [0.2, 0.25) is 10.2 Å². The van der Waals surface area contributed by atoms with Crippen LogP contribution in [0.15, 0.2) is 42.9 Å². The molecule has 1 atom stereocenters. The summed E-state index contributed by atoms with van der Waals surface area (Å²) in [5.74, 6) is 0.777. The minimum Gasteiger partial charge on any atom is -0.376 e. The molecule has 4 aromatic rings. The van der Waals surface area contributed by atoms with Crippen LogP contribution in [-0.4, -0.2) is 29.6 Å². The number of imidazole rings is 1. The van der Waals surface area contributed by atoms with Gasteiger partial charge in [0.1, 0.15) is 22.5 Å². The lowest BCUT2D eigenvalue weighted by atomic mass is 9.83. The maximum Gasteiger partial charge on any atom is 0.164 e. The van der Waals surface area contributed by atoms with E-state index < -0.39 is 11.4 Å². The molecule has 5 rings (SSSR count). The average Bonchev–Trinajstić information content (AvgIpc) is 3.19. The molecule has 6 nitrogen and oxygen atoms in total. The van der Waals surface area contributed by atoms with Crippen LogP contribution in [0.25, 0.3) is 22.3 Å². The Hall–Kier alpha value is -2.61. The van der Waals surface area contributed by atoms with Gasteiger partial charge in [-0.25, -0.2) is 14.4 Å². The smallest absolute Gasteiger partial charge is 0.164 e. The van der Waals surface area contributed by atoms with Crippen LogP contribution in [0, 0.1) is 17.7 Å². The average molecular weight is 514 g/mol. The maximum absolute atomic E-state index is 14.8. The predicted octanol–water partition coefficient (Wildman–Crippen LogP) is 6.42. The van der Waals surface area contributed by atoms with Crippen LogP contribution in [0.5, 0.6) is 0 Å².